The molecule has 0 aromatic heterocycles. The van der Waals surface area contributed by atoms with Gasteiger partial charge in [-0.15, -0.1) is 0 Å². The standard InChI is InChI=1S/C15H26N4O8/c1-7(2)12(16)14(25)19-9(6-20)13(24)17-5-10(21)18-8(15(26)27)3-4-11(22)23/h7-9,12,20H,3-6,16H2,1-2H3,(H,17,24)(H,18,21)(H,19,25)(H,22,23)(H,26,27)/t8-,9-,12-/m0/s1. The van der Waals surface area contributed by atoms with Crippen molar-refractivity contribution >= 4 is 29.7 Å². The Morgan fingerprint density at radius 1 is 0.963 bits per heavy atom. The molecule has 0 saturated carbocycles. The Bertz CT molecular complexity index is 566. The van der Waals surface area contributed by atoms with E-state index in [1.165, 1.54) is 0 Å². The highest BCUT2D eigenvalue weighted by Crippen LogP contribution is 1.99. The second kappa shape index (κ2) is 11.8. The van der Waals surface area contributed by atoms with E-state index in [1.54, 1.807) is 13.8 Å². The summed E-state index contributed by atoms with van der Waals surface area (Å²) < 4.78 is 0. The molecular weight excluding hydrogens is 364 g/mol. The number of amides is 3. The summed E-state index contributed by atoms with van der Waals surface area (Å²) in [6.07, 6.45) is -0.787. The van der Waals surface area contributed by atoms with Crippen molar-refractivity contribution in [2.45, 2.75) is 44.8 Å². The Morgan fingerprint density at radius 2 is 1.56 bits per heavy atom. The number of hydrogen-bond donors (Lipinski definition) is 7. The molecule has 0 aromatic rings. The van der Waals surface area contributed by atoms with Crippen LogP contribution in [0.5, 0.6) is 0 Å². The van der Waals surface area contributed by atoms with Gasteiger partial charge in [-0.25, -0.2) is 4.79 Å². The third-order valence-electron chi connectivity index (χ3n) is 3.54. The number of aliphatic carboxylic acids is 2. The third kappa shape index (κ3) is 9.51. The van der Waals surface area contributed by atoms with Gasteiger partial charge < -0.3 is 37.0 Å². The van der Waals surface area contributed by atoms with Gasteiger partial charge >= 0.3 is 11.9 Å². The monoisotopic (exact) mass is 390 g/mol. The molecular formula is C15H26N4O8. The first kappa shape index (κ1) is 24.3. The van der Waals surface area contributed by atoms with E-state index in [0.717, 1.165) is 0 Å². The summed E-state index contributed by atoms with van der Waals surface area (Å²) in [5, 5.41) is 33.2. The van der Waals surface area contributed by atoms with Crippen molar-refractivity contribution in [2.75, 3.05) is 13.2 Å². The summed E-state index contributed by atoms with van der Waals surface area (Å²) in [6.45, 7) is 2.04. The lowest BCUT2D eigenvalue weighted by Crippen LogP contribution is -2.55. The largest absolute Gasteiger partial charge is 0.481 e. The Hall–Kier alpha value is -2.73. The summed E-state index contributed by atoms with van der Waals surface area (Å²) in [5.41, 5.74) is 5.63. The van der Waals surface area contributed by atoms with Crippen LogP contribution < -0.4 is 21.7 Å². The Kier molecular flexibility index (Phi) is 10.6. The molecule has 27 heavy (non-hydrogen) atoms. The van der Waals surface area contributed by atoms with Gasteiger partial charge in [0, 0.05) is 6.42 Å². The average molecular weight is 390 g/mol. The third-order valence-corrected chi connectivity index (χ3v) is 3.54. The molecule has 0 unspecified atom stereocenters. The molecule has 0 rings (SSSR count). The second-order valence-corrected chi connectivity index (χ2v) is 6.12. The smallest absolute Gasteiger partial charge is 0.326 e. The van der Waals surface area contributed by atoms with Crippen molar-refractivity contribution in [3.8, 4) is 0 Å². The molecule has 0 aliphatic carbocycles. The fourth-order valence-electron chi connectivity index (χ4n) is 1.83. The zero-order valence-electron chi connectivity index (χ0n) is 15.1. The molecule has 3 amide bonds. The minimum Gasteiger partial charge on any atom is -0.481 e. The first-order valence-corrected chi connectivity index (χ1v) is 8.18. The first-order valence-electron chi connectivity index (χ1n) is 8.18. The molecule has 0 saturated heterocycles. The fourth-order valence-corrected chi connectivity index (χ4v) is 1.83. The van der Waals surface area contributed by atoms with Gasteiger partial charge in [0.05, 0.1) is 19.2 Å². The molecule has 0 spiro atoms. The number of rotatable bonds is 12. The average Bonchev–Trinajstić information content (AvgIpc) is 2.59. The summed E-state index contributed by atoms with van der Waals surface area (Å²) in [4.78, 5) is 57.0. The molecule has 8 N–H and O–H groups in total. The fraction of sp³-hybridized carbons (Fsp3) is 0.667. The van der Waals surface area contributed by atoms with E-state index in [2.05, 4.69) is 16.0 Å². The van der Waals surface area contributed by atoms with Crippen LogP contribution in [0.15, 0.2) is 0 Å². The van der Waals surface area contributed by atoms with Gasteiger partial charge in [0.2, 0.25) is 17.7 Å². The molecule has 0 radical (unpaired) electrons. The van der Waals surface area contributed by atoms with Gasteiger partial charge in [-0.05, 0) is 12.3 Å². The zero-order valence-corrected chi connectivity index (χ0v) is 15.1. The Labute approximate surface area is 155 Å². The minimum atomic E-state index is -1.43. The van der Waals surface area contributed by atoms with Gasteiger partial charge in [-0.2, -0.15) is 0 Å². The van der Waals surface area contributed by atoms with E-state index in [9.17, 15) is 29.1 Å². The van der Waals surface area contributed by atoms with Gasteiger partial charge in [0.25, 0.3) is 0 Å². The van der Waals surface area contributed by atoms with Crippen molar-refractivity contribution in [3.63, 3.8) is 0 Å². The number of carbonyl (C=O) groups excluding carboxylic acids is 3. The highest BCUT2D eigenvalue weighted by atomic mass is 16.4. The van der Waals surface area contributed by atoms with Crippen LogP contribution in [0.25, 0.3) is 0 Å². The van der Waals surface area contributed by atoms with Crippen LogP contribution in [0.3, 0.4) is 0 Å². The number of hydrogen-bond acceptors (Lipinski definition) is 7. The van der Waals surface area contributed by atoms with Gasteiger partial charge in [0.15, 0.2) is 0 Å². The normalized spacial score (nSPS) is 14.0. The number of carbonyl (C=O) groups is 5. The van der Waals surface area contributed by atoms with E-state index >= 15 is 0 Å². The van der Waals surface area contributed by atoms with Crippen molar-refractivity contribution in [1.29, 1.82) is 0 Å². The summed E-state index contributed by atoms with van der Waals surface area (Å²) in [5.74, 6) is -5.22. The van der Waals surface area contributed by atoms with Gasteiger partial charge in [-0.3, -0.25) is 19.2 Å². The molecule has 3 atom stereocenters. The minimum absolute atomic E-state index is 0.197. The SMILES string of the molecule is CC(C)[C@H](N)C(=O)N[C@@H](CO)C(=O)NCC(=O)N[C@@H](CCC(=O)O)C(=O)O. The Morgan fingerprint density at radius 3 is 2.00 bits per heavy atom. The number of carboxylic acid groups (broad SMARTS) is 2. The molecule has 0 aliphatic heterocycles. The molecule has 0 heterocycles. The van der Waals surface area contributed by atoms with Crippen molar-refractivity contribution < 1.29 is 39.3 Å². The van der Waals surface area contributed by atoms with E-state index in [4.69, 9.17) is 15.9 Å². The van der Waals surface area contributed by atoms with Crippen LogP contribution in [-0.4, -0.2) is 76.3 Å². The van der Waals surface area contributed by atoms with Crippen molar-refractivity contribution in [2.24, 2.45) is 11.7 Å². The maximum Gasteiger partial charge on any atom is 0.326 e. The van der Waals surface area contributed by atoms with E-state index in [0.29, 0.717) is 0 Å². The first-order chi connectivity index (χ1) is 12.5. The zero-order chi connectivity index (χ0) is 21.1. The lowest BCUT2D eigenvalue weighted by molar-refractivity contribution is -0.143. The molecule has 12 heteroatoms. The number of aliphatic hydroxyl groups is 1. The molecule has 12 nitrogen and oxygen atoms in total. The van der Waals surface area contributed by atoms with Crippen LogP contribution in [-0.2, 0) is 24.0 Å². The number of nitrogens with one attached hydrogen (secondary N) is 3. The van der Waals surface area contributed by atoms with Gasteiger partial charge in [-0.1, -0.05) is 13.8 Å². The predicted octanol–water partition coefficient (Wildman–Crippen LogP) is -3.00. The van der Waals surface area contributed by atoms with Crippen LogP contribution in [0.1, 0.15) is 26.7 Å². The quantitative estimate of drug-likeness (QED) is 0.181. The number of carboxylic acids is 2. The Balaban J connectivity index is 4.58. The summed E-state index contributed by atoms with van der Waals surface area (Å²) >= 11 is 0. The molecule has 0 fully saturated rings. The predicted molar refractivity (Wildman–Crippen MR) is 91.3 cm³/mol. The topological polar surface area (TPSA) is 208 Å². The molecule has 0 aromatic carbocycles. The van der Waals surface area contributed by atoms with E-state index in [-0.39, 0.29) is 12.3 Å². The van der Waals surface area contributed by atoms with Crippen LogP contribution in [0, 0.1) is 5.92 Å². The summed E-state index contributed by atoms with van der Waals surface area (Å²) in [6, 6.07) is -3.65. The molecule has 154 valence electrons. The van der Waals surface area contributed by atoms with Crippen molar-refractivity contribution in [3.05, 3.63) is 0 Å². The number of aliphatic hydroxyl groups excluding tert-OH is 1. The van der Waals surface area contributed by atoms with Crippen LogP contribution in [0.4, 0.5) is 0 Å². The maximum atomic E-state index is 11.9. The van der Waals surface area contributed by atoms with Crippen molar-refractivity contribution in [1.82, 2.24) is 16.0 Å². The van der Waals surface area contributed by atoms with Gasteiger partial charge in [0.1, 0.15) is 12.1 Å². The van der Waals surface area contributed by atoms with E-state index < -0.39 is 67.4 Å². The molecule has 0 aliphatic rings. The maximum absolute atomic E-state index is 11.9. The van der Waals surface area contributed by atoms with Crippen LogP contribution >= 0.6 is 0 Å². The molecule has 0 bridgehead atoms. The lowest BCUT2D eigenvalue weighted by Gasteiger charge is -2.20. The second-order valence-electron chi connectivity index (χ2n) is 6.12. The summed E-state index contributed by atoms with van der Waals surface area (Å²) in [7, 11) is 0. The number of nitrogens with two attached hydrogens (primary N) is 1. The lowest BCUT2D eigenvalue weighted by atomic mass is 10.0. The highest BCUT2D eigenvalue weighted by Gasteiger charge is 2.26. The highest BCUT2D eigenvalue weighted by molar-refractivity contribution is 5.92. The van der Waals surface area contributed by atoms with E-state index in [1.807, 2.05) is 0 Å². The van der Waals surface area contributed by atoms with Crippen LogP contribution in [0.2, 0.25) is 0 Å².